The zero-order chi connectivity index (χ0) is 28.8. The van der Waals surface area contributed by atoms with Crippen LogP contribution in [-0.4, -0.2) is 33.9 Å². The molecule has 0 fully saturated rings. The van der Waals surface area contributed by atoms with Crippen LogP contribution < -0.4 is 10.2 Å². The standard InChI is InChI=1S/C24H23N5O.4C2H6/c1-15-7-8-19-17(13-15)9-11-29(24(19)30)21-6-4-5-18(16(21)2)20-14-28-12-10-26-23(28)22(25-3)27-20;4*1-2/h4-8,10,12-14H,9,11H2,1-3H3,(H,25,27);4*1-2H3. The summed E-state index contributed by atoms with van der Waals surface area (Å²) in [7, 11) is 1.84. The number of amides is 1. The van der Waals surface area contributed by atoms with E-state index in [0.717, 1.165) is 51.5 Å². The highest BCUT2D eigenvalue weighted by atomic mass is 16.2. The summed E-state index contributed by atoms with van der Waals surface area (Å²) in [5.41, 5.74) is 7.72. The maximum atomic E-state index is 13.3. The van der Waals surface area contributed by atoms with E-state index >= 15 is 0 Å². The molecule has 0 radical (unpaired) electrons. The molecule has 3 heterocycles. The van der Waals surface area contributed by atoms with Gasteiger partial charge in [0.1, 0.15) is 0 Å². The number of aryl methyl sites for hydroxylation is 1. The fourth-order valence-electron chi connectivity index (χ4n) is 4.27. The van der Waals surface area contributed by atoms with Gasteiger partial charge in [-0.1, -0.05) is 85.2 Å². The molecule has 0 spiro atoms. The first-order valence-corrected chi connectivity index (χ1v) is 14.1. The van der Waals surface area contributed by atoms with Gasteiger partial charge in [0.25, 0.3) is 5.91 Å². The van der Waals surface area contributed by atoms with Gasteiger partial charge in [-0.3, -0.25) is 4.79 Å². The molecule has 0 aliphatic carbocycles. The molecule has 5 rings (SSSR count). The van der Waals surface area contributed by atoms with E-state index in [9.17, 15) is 4.79 Å². The molecule has 0 saturated carbocycles. The highest BCUT2D eigenvalue weighted by Gasteiger charge is 2.27. The van der Waals surface area contributed by atoms with Gasteiger partial charge in [-0.15, -0.1) is 0 Å². The van der Waals surface area contributed by atoms with Crippen molar-refractivity contribution >= 4 is 23.1 Å². The van der Waals surface area contributed by atoms with Gasteiger partial charge in [-0.2, -0.15) is 0 Å². The van der Waals surface area contributed by atoms with Crippen LogP contribution in [0.1, 0.15) is 82.4 Å². The van der Waals surface area contributed by atoms with E-state index in [0.29, 0.717) is 6.54 Å². The molecule has 2 aromatic heterocycles. The number of hydrogen-bond acceptors (Lipinski definition) is 4. The van der Waals surface area contributed by atoms with E-state index in [1.54, 1.807) is 6.20 Å². The molecule has 6 nitrogen and oxygen atoms in total. The Balaban J connectivity index is 0.000000829. The number of rotatable bonds is 3. The molecule has 0 atom stereocenters. The minimum atomic E-state index is 0.0606. The molecule has 1 amide bonds. The number of hydrogen-bond donors (Lipinski definition) is 1. The van der Waals surface area contributed by atoms with Crippen molar-refractivity contribution in [3.8, 4) is 11.3 Å². The Morgan fingerprint density at radius 3 is 2.24 bits per heavy atom. The van der Waals surface area contributed by atoms with Gasteiger partial charge in [-0.25, -0.2) is 9.97 Å². The second-order valence-electron chi connectivity index (χ2n) is 7.70. The molecular formula is C32H47N5O. The number of nitrogens with zero attached hydrogens (tertiary/aromatic N) is 4. The van der Waals surface area contributed by atoms with Crippen LogP contribution in [0.5, 0.6) is 0 Å². The quantitative estimate of drug-likeness (QED) is 0.296. The van der Waals surface area contributed by atoms with Crippen LogP contribution in [0.4, 0.5) is 11.5 Å². The average Bonchev–Trinajstić information content (AvgIpc) is 3.46. The van der Waals surface area contributed by atoms with Crippen molar-refractivity contribution in [2.75, 3.05) is 23.8 Å². The molecule has 1 aliphatic rings. The van der Waals surface area contributed by atoms with E-state index in [4.69, 9.17) is 4.98 Å². The first-order chi connectivity index (χ1) is 18.6. The SMILES string of the molecule is CC.CC.CC.CC.CNc1nc(-c2cccc(N3CCc4cc(C)ccc4C3=O)c2C)cn2ccnc12. The van der Waals surface area contributed by atoms with Crippen molar-refractivity contribution < 1.29 is 4.79 Å². The van der Waals surface area contributed by atoms with E-state index in [2.05, 4.69) is 36.3 Å². The molecule has 38 heavy (non-hydrogen) atoms. The molecular weight excluding hydrogens is 470 g/mol. The maximum absolute atomic E-state index is 13.3. The van der Waals surface area contributed by atoms with Gasteiger partial charge >= 0.3 is 0 Å². The summed E-state index contributed by atoms with van der Waals surface area (Å²) in [6.07, 6.45) is 6.51. The highest BCUT2D eigenvalue weighted by molar-refractivity contribution is 6.09. The average molecular weight is 518 g/mol. The minimum absolute atomic E-state index is 0.0606. The number of carbonyl (C=O) groups excluding carboxylic acids is 1. The summed E-state index contributed by atoms with van der Waals surface area (Å²) < 4.78 is 1.96. The topological polar surface area (TPSA) is 62.5 Å². The minimum Gasteiger partial charge on any atom is -0.370 e. The van der Waals surface area contributed by atoms with Crippen LogP contribution in [0.15, 0.2) is 55.0 Å². The van der Waals surface area contributed by atoms with Crippen molar-refractivity contribution in [3.05, 3.63) is 77.2 Å². The molecule has 0 unspecified atom stereocenters. The number of carbonyl (C=O) groups is 1. The molecule has 4 aromatic rings. The summed E-state index contributed by atoms with van der Waals surface area (Å²) in [5.74, 6) is 0.783. The Labute approximate surface area is 230 Å². The van der Waals surface area contributed by atoms with Crippen molar-refractivity contribution in [1.29, 1.82) is 0 Å². The number of nitrogens with one attached hydrogen (secondary N) is 1. The number of imidazole rings is 1. The number of aromatic nitrogens is 3. The van der Waals surface area contributed by atoms with Crippen LogP contribution in [0, 0.1) is 13.8 Å². The van der Waals surface area contributed by atoms with Gasteiger partial charge in [0, 0.05) is 49.0 Å². The third-order valence-electron chi connectivity index (χ3n) is 5.82. The smallest absolute Gasteiger partial charge is 0.258 e. The Morgan fingerprint density at radius 2 is 1.58 bits per heavy atom. The van der Waals surface area contributed by atoms with Gasteiger partial charge in [0.15, 0.2) is 11.5 Å². The fourth-order valence-corrected chi connectivity index (χ4v) is 4.27. The summed E-state index contributed by atoms with van der Waals surface area (Å²) in [6, 6.07) is 12.1. The second-order valence-corrected chi connectivity index (χ2v) is 7.70. The van der Waals surface area contributed by atoms with Crippen LogP contribution in [0.2, 0.25) is 0 Å². The van der Waals surface area contributed by atoms with Gasteiger partial charge in [-0.05, 0) is 43.5 Å². The van der Waals surface area contributed by atoms with Crippen LogP contribution >= 0.6 is 0 Å². The summed E-state index contributed by atoms with van der Waals surface area (Å²) in [4.78, 5) is 24.3. The third kappa shape index (κ3) is 6.80. The van der Waals surface area contributed by atoms with Crippen molar-refractivity contribution in [2.45, 2.75) is 75.7 Å². The lowest BCUT2D eigenvalue weighted by Crippen LogP contribution is -2.38. The zero-order valence-corrected chi connectivity index (χ0v) is 25.3. The van der Waals surface area contributed by atoms with Crippen LogP contribution in [0.3, 0.4) is 0 Å². The highest BCUT2D eigenvalue weighted by Crippen LogP contribution is 2.33. The first kappa shape index (κ1) is 32.4. The monoisotopic (exact) mass is 517 g/mol. The predicted octanol–water partition coefficient (Wildman–Crippen LogP) is 8.36. The first-order valence-electron chi connectivity index (χ1n) is 14.1. The largest absolute Gasteiger partial charge is 0.370 e. The fraction of sp³-hybridized carbons (Fsp3) is 0.406. The van der Waals surface area contributed by atoms with Crippen molar-refractivity contribution in [1.82, 2.24) is 14.4 Å². The Kier molecular flexibility index (Phi) is 13.8. The Hall–Kier alpha value is -3.67. The van der Waals surface area contributed by atoms with Crippen molar-refractivity contribution in [3.63, 3.8) is 0 Å². The molecule has 1 N–H and O–H groups in total. The molecule has 2 aromatic carbocycles. The van der Waals surface area contributed by atoms with E-state index in [-0.39, 0.29) is 5.91 Å². The maximum Gasteiger partial charge on any atom is 0.258 e. The summed E-state index contributed by atoms with van der Waals surface area (Å²) in [6.45, 7) is 20.8. The van der Waals surface area contributed by atoms with Gasteiger partial charge < -0.3 is 14.6 Å². The summed E-state index contributed by atoms with van der Waals surface area (Å²) >= 11 is 0. The molecule has 0 bridgehead atoms. The Morgan fingerprint density at radius 1 is 0.895 bits per heavy atom. The van der Waals surface area contributed by atoms with E-state index in [1.165, 1.54) is 5.56 Å². The van der Waals surface area contributed by atoms with Crippen LogP contribution in [-0.2, 0) is 6.42 Å². The molecule has 206 valence electrons. The third-order valence-corrected chi connectivity index (χ3v) is 5.82. The lowest BCUT2D eigenvalue weighted by molar-refractivity contribution is 0.0980. The molecule has 0 saturated heterocycles. The lowest BCUT2D eigenvalue weighted by Gasteiger charge is -2.30. The zero-order valence-electron chi connectivity index (χ0n) is 25.3. The van der Waals surface area contributed by atoms with E-state index < -0.39 is 0 Å². The Bertz CT molecular complexity index is 1290. The number of anilines is 2. The van der Waals surface area contributed by atoms with E-state index in [1.807, 2.05) is 108 Å². The van der Waals surface area contributed by atoms with Gasteiger partial charge in [0.05, 0.1) is 5.69 Å². The van der Waals surface area contributed by atoms with Gasteiger partial charge in [0.2, 0.25) is 0 Å². The van der Waals surface area contributed by atoms with Crippen LogP contribution in [0.25, 0.3) is 16.9 Å². The normalized spacial score (nSPS) is 11.3. The predicted molar refractivity (Wildman–Crippen MR) is 165 cm³/mol. The lowest BCUT2D eigenvalue weighted by atomic mass is 9.95. The number of fused-ring (bicyclic) bond motifs is 2. The van der Waals surface area contributed by atoms with Crippen molar-refractivity contribution in [2.24, 2.45) is 0 Å². The number of benzene rings is 2. The molecule has 6 heteroatoms. The second kappa shape index (κ2) is 16.2. The molecule has 1 aliphatic heterocycles. The summed E-state index contributed by atoms with van der Waals surface area (Å²) in [5, 5.41) is 3.13.